The number of amides is 1. The van der Waals surface area contributed by atoms with Crippen LogP contribution in [0.2, 0.25) is 5.02 Å². The van der Waals surface area contributed by atoms with Crippen molar-refractivity contribution in [1.82, 2.24) is 5.32 Å². The van der Waals surface area contributed by atoms with Crippen LogP contribution in [0, 0.1) is 0 Å². The molecule has 19 heavy (non-hydrogen) atoms. The molecule has 9 heteroatoms. The molecular formula is C10H10ClN3O3S2. The van der Waals surface area contributed by atoms with Gasteiger partial charge in [-0.1, -0.05) is 23.4 Å². The van der Waals surface area contributed by atoms with Crippen molar-refractivity contribution in [3.05, 3.63) is 23.2 Å². The summed E-state index contributed by atoms with van der Waals surface area (Å²) in [5.74, 6) is -0.130. The Bertz CT molecular complexity index is 658. The third kappa shape index (κ3) is 3.20. The number of sulfonamides is 1. The van der Waals surface area contributed by atoms with Gasteiger partial charge in [0.05, 0.1) is 11.4 Å². The fourth-order valence-electron chi connectivity index (χ4n) is 1.38. The number of amidine groups is 1. The van der Waals surface area contributed by atoms with E-state index in [2.05, 4.69) is 15.0 Å². The van der Waals surface area contributed by atoms with Crippen molar-refractivity contribution >= 4 is 50.1 Å². The van der Waals surface area contributed by atoms with Crippen molar-refractivity contribution in [1.29, 1.82) is 0 Å². The van der Waals surface area contributed by atoms with Crippen molar-refractivity contribution in [2.45, 2.75) is 4.90 Å². The lowest BCUT2D eigenvalue weighted by atomic mass is 10.3. The zero-order valence-corrected chi connectivity index (χ0v) is 12.2. The van der Waals surface area contributed by atoms with E-state index in [1.165, 1.54) is 13.1 Å². The summed E-state index contributed by atoms with van der Waals surface area (Å²) in [7, 11) is -2.27. The maximum Gasteiger partial charge on any atom is 0.286 e. The molecular weight excluding hydrogens is 310 g/mol. The molecule has 1 aromatic carbocycles. The van der Waals surface area contributed by atoms with Crippen LogP contribution in [-0.2, 0) is 14.8 Å². The van der Waals surface area contributed by atoms with Gasteiger partial charge in [0.2, 0.25) is 5.91 Å². The lowest BCUT2D eigenvalue weighted by Crippen LogP contribution is -2.24. The molecule has 2 rings (SSSR count). The van der Waals surface area contributed by atoms with Gasteiger partial charge in [-0.2, -0.15) is 8.42 Å². The van der Waals surface area contributed by atoms with E-state index in [0.29, 0.717) is 10.7 Å². The molecule has 2 N–H and O–H groups in total. The van der Waals surface area contributed by atoms with Crippen molar-refractivity contribution in [3.63, 3.8) is 0 Å². The number of benzene rings is 1. The number of carbonyl (C=O) groups is 1. The maximum absolute atomic E-state index is 11.9. The summed E-state index contributed by atoms with van der Waals surface area (Å²) >= 11 is 6.78. The van der Waals surface area contributed by atoms with Gasteiger partial charge in [0, 0.05) is 12.1 Å². The number of anilines is 1. The van der Waals surface area contributed by atoms with Gasteiger partial charge in [0.15, 0.2) is 5.17 Å². The standard InChI is InChI=1S/C10H10ClN3O3S2/c1-12-9(15)5-18-10-13-7-3-2-6(11)4-8(7)19(16,17)14-10/h2-4H,5H2,1H3,(H,12,15)(H,13,14). The zero-order valence-electron chi connectivity index (χ0n) is 9.81. The molecule has 102 valence electrons. The Morgan fingerprint density at radius 3 is 2.95 bits per heavy atom. The van der Waals surface area contributed by atoms with E-state index < -0.39 is 10.0 Å². The van der Waals surface area contributed by atoms with Crippen molar-refractivity contribution in [2.75, 3.05) is 18.1 Å². The number of rotatable bonds is 2. The number of hydrogen-bond donors (Lipinski definition) is 2. The van der Waals surface area contributed by atoms with E-state index in [-0.39, 0.29) is 21.7 Å². The molecule has 0 radical (unpaired) electrons. The maximum atomic E-state index is 11.9. The summed E-state index contributed by atoms with van der Waals surface area (Å²) in [6.45, 7) is 0. The van der Waals surface area contributed by atoms with Gasteiger partial charge in [-0.3, -0.25) is 4.79 Å². The molecule has 1 amide bonds. The summed E-state index contributed by atoms with van der Waals surface area (Å²) in [5.41, 5.74) is 0.402. The van der Waals surface area contributed by atoms with E-state index in [1.54, 1.807) is 12.1 Å². The van der Waals surface area contributed by atoms with E-state index in [4.69, 9.17) is 11.6 Å². The summed E-state index contributed by atoms with van der Waals surface area (Å²) in [4.78, 5) is 11.2. The highest BCUT2D eigenvalue weighted by Gasteiger charge is 2.25. The van der Waals surface area contributed by atoms with Gasteiger partial charge in [0.1, 0.15) is 4.90 Å². The largest absolute Gasteiger partial charge is 0.358 e. The molecule has 0 atom stereocenters. The Hall–Kier alpha value is -1.25. The molecule has 1 aliphatic heterocycles. The second-order valence-electron chi connectivity index (χ2n) is 3.60. The number of halogens is 1. The van der Waals surface area contributed by atoms with Crippen LogP contribution < -0.4 is 10.6 Å². The number of carbonyl (C=O) groups excluding carboxylic acids is 1. The summed E-state index contributed by atoms with van der Waals surface area (Å²) in [6, 6.07) is 4.47. The highest BCUT2D eigenvalue weighted by molar-refractivity contribution is 8.15. The van der Waals surface area contributed by atoms with Gasteiger partial charge in [-0.25, -0.2) is 0 Å². The number of hydrogen-bond acceptors (Lipinski definition) is 5. The summed E-state index contributed by atoms with van der Waals surface area (Å²) < 4.78 is 27.5. The van der Waals surface area contributed by atoms with E-state index in [1.807, 2.05) is 0 Å². The number of thioether (sulfide) groups is 1. The SMILES string of the molecule is CNC(=O)CSC1=NS(=O)(=O)c2cc(Cl)ccc2N1. The fraction of sp³-hybridized carbons (Fsp3) is 0.200. The first-order valence-corrected chi connectivity index (χ1v) is 7.97. The minimum atomic E-state index is -3.78. The Morgan fingerprint density at radius 2 is 2.26 bits per heavy atom. The van der Waals surface area contributed by atoms with Crippen LogP contribution in [0.4, 0.5) is 5.69 Å². The zero-order chi connectivity index (χ0) is 14.0. The van der Waals surface area contributed by atoms with Gasteiger partial charge >= 0.3 is 0 Å². The van der Waals surface area contributed by atoms with Gasteiger partial charge < -0.3 is 10.6 Å². The van der Waals surface area contributed by atoms with Crippen LogP contribution in [0.3, 0.4) is 0 Å². The monoisotopic (exact) mass is 319 g/mol. The number of fused-ring (bicyclic) bond motifs is 1. The summed E-state index contributed by atoms with van der Waals surface area (Å²) in [6.07, 6.45) is 0. The van der Waals surface area contributed by atoms with Crippen LogP contribution in [0.5, 0.6) is 0 Å². The Kier molecular flexibility index (Phi) is 4.02. The molecule has 0 unspecified atom stereocenters. The molecule has 0 aromatic heterocycles. The van der Waals surface area contributed by atoms with Crippen LogP contribution in [-0.4, -0.2) is 32.3 Å². The molecule has 1 aromatic rings. The Balaban J connectivity index is 2.27. The minimum Gasteiger partial charge on any atom is -0.358 e. The fourth-order valence-corrected chi connectivity index (χ4v) is 3.75. The van der Waals surface area contributed by atoms with E-state index >= 15 is 0 Å². The first-order valence-electron chi connectivity index (χ1n) is 5.17. The molecule has 0 fully saturated rings. The van der Waals surface area contributed by atoms with Crippen molar-refractivity contribution < 1.29 is 13.2 Å². The number of nitrogens with zero attached hydrogens (tertiary/aromatic N) is 1. The van der Waals surface area contributed by atoms with Crippen LogP contribution in [0.25, 0.3) is 0 Å². The quantitative estimate of drug-likeness (QED) is 0.857. The first-order chi connectivity index (χ1) is 8.92. The summed E-state index contributed by atoms with van der Waals surface area (Å²) in [5, 5.41) is 5.78. The molecule has 0 saturated carbocycles. The number of nitrogens with one attached hydrogen (secondary N) is 2. The smallest absolute Gasteiger partial charge is 0.286 e. The molecule has 0 bridgehead atoms. The van der Waals surface area contributed by atoms with Crippen LogP contribution >= 0.6 is 23.4 Å². The lowest BCUT2D eigenvalue weighted by molar-refractivity contribution is -0.118. The molecule has 6 nitrogen and oxygen atoms in total. The highest BCUT2D eigenvalue weighted by atomic mass is 35.5. The Labute approximate surface area is 119 Å². The highest BCUT2D eigenvalue weighted by Crippen LogP contribution is 2.31. The second kappa shape index (κ2) is 5.40. The van der Waals surface area contributed by atoms with Crippen molar-refractivity contribution in [3.8, 4) is 0 Å². The normalized spacial score (nSPS) is 16.0. The first kappa shape index (κ1) is 14.2. The predicted molar refractivity (Wildman–Crippen MR) is 76.2 cm³/mol. The van der Waals surface area contributed by atoms with Crippen LogP contribution in [0.1, 0.15) is 0 Å². The lowest BCUT2D eigenvalue weighted by Gasteiger charge is -2.17. The molecule has 1 heterocycles. The van der Waals surface area contributed by atoms with Gasteiger partial charge in [-0.15, -0.1) is 4.40 Å². The topological polar surface area (TPSA) is 87.6 Å². The third-order valence-electron chi connectivity index (χ3n) is 2.29. The van der Waals surface area contributed by atoms with E-state index in [0.717, 1.165) is 11.8 Å². The van der Waals surface area contributed by atoms with Gasteiger partial charge in [-0.05, 0) is 18.2 Å². The van der Waals surface area contributed by atoms with Crippen molar-refractivity contribution in [2.24, 2.45) is 4.40 Å². The average Bonchev–Trinajstić information content (AvgIpc) is 2.36. The van der Waals surface area contributed by atoms with Crippen LogP contribution in [0.15, 0.2) is 27.5 Å². The second-order valence-corrected chi connectivity index (χ2v) is 6.57. The molecule has 1 aliphatic rings. The predicted octanol–water partition coefficient (Wildman–Crippen LogP) is 1.29. The molecule has 0 aliphatic carbocycles. The molecule has 0 saturated heterocycles. The van der Waals surface area contributed by atoms with E-state index in [9.17, 15) is 13.2 Å². The minimum absolute atomic E-state index is 0.0318. The average molecular weight is 320 g/mol. The third-order valence-corrected chi connectivity index (χ3v) is 4.83. The Morgan fingerprint density at radius 1 is 1.53 bits per heavy atom. The van der Waals surface area contributed by atoms with Gasteiger partial charge in [0.25, 0.3) is 10.0 Å². The molecule has 0 spiro atoms.